The number of hydrogen-bond acceptors (Lipinski definition) is 5. The number of carbonyl (C=O) groups is 3. The van der Waals surface area contributed by atoms with E-state index in [4.69, 9.17) is 0 Å². The minimum Gasteiger partial charge on any atom is -0.382 e. The summed E-state index contributed by atoms with van der Waals surface area (Å²) in [5.74, 6) is -0.763. The van der Waals surface area contributed by atoms with Crippen LogP contribution in [0.25, 0.3) is 0 Å². The molecular weight excluding hydrogens is 404 g/mol. The van der Waals surface area contributed by atoms with Gasteiger partial charge in [-0.15, -0.1) is 0 Å². The van der Waals surface area contributed by atoms with Gasteiger partial charge in [0.05, 0.1) is 0 Å². The molecule has 7 nitrogen and oxygen atoms in total. The monoisotopic (exact) mass is 432 g/mol. The standard InChI is InChI=1S/C25H28N4O3/c30-23-10-9-22(24(31)28-23)29-15-18-6-5-16(13-20(18)25(29)32)14-26-12-11-19-8-7-17-3-1-2-4-21(17)27-19/h1-6,13,19,22,26-27H,7-12,14-15H2,(H,28,30,31). The van der Waals surface area contributed by atoms with Crippen LogP contribution in [0.15, 0.2) is 42.5 Å². The maximum Gasteiger partial charge on any atom is 0.255 e. The second kappa shape index (κ2) is 8.74. The Morgan fingerprint density at radius 3 is 2.75 bits per heavy atom. The Kier molecular flexibility index (Phi) is 5.66. The fraction of sp³-hybridized carbons (Fsp3) is 0.400. The third-order valence-corrected chi connectivity index (χ3v) is 6.73. The Balaban J connectivity index is 1.13. The molecule has 2 atom stereocenters. The van der Waals surface area contributed by atoms with Crippen LogP contribution < -0.4 is 16.0 Å². The van der Waals surface area contributed by atoms with Gasteiger partial charge in [0.2, 0.25) is 11.8 Å². The number of para-hydroxylation sites is 1. The van der Waals surface area contributed by atoms with Crippen molar-refractivity contribution in [1.29, 1.82) is 0 Å². The Morgan fingerprint density at radius 1 is 1.00 bits per heavy atom. The number of fused-ring (bicyclic) bond motifs is 2. The molecule has 1 fully saturated rings. The van der Waals surface area contributed by atoms with Gasteiger partial charge in [0.15, 0.2) is 0 Å². The number of amides is 3. The number of rotatable bonds is 6. The molecule has 2 aromatic rings. The summed E-state index contributed by atoms with van der Waals surface area (Å²) in [6.07, 6.45) is 3.96. The van der Waals surface area contributed by atoms with Crippen molar-refractivity contribution in [2.24, 2.45) is 0 Å². The summed E-state index contributed by atoms with van der Waals surface area (Å²) >= 11 is 0. The molecule has 3 N–H and O–H groups in total. The molecule has 5 rings (SSSR count). The molecule has 32 heavy (non-hydrogen) atoms. The molecule has 0 spiro atoms. The molecule has 3 amide bonds. The van der Waals surface area contributed by atoms with E-state index in [0.29, 0.717) is 31.1 Å². The highest BCUT2D eigenvalue weighted by Crippen LogP contribution is 2.28. The first-order valence-electron chi connectivity index (χ1n) is 11.4. The SMILES string of the molecule is O=C1CCC(N2Cc3ccc(CNCCC4CCc5ccccc5N4)cc3C2=O)C(=O)N1. The average Bonchev–Trinajstić information content (AvgIpc) is 3.12. The molecule has 3 aliphatic rings. The molecule has 166 valence electrons. The normalized spacial score (nSPS) is 22.2. The van der Waals surface area contributed by atoms with Gasteiger partial charge in [-0.2, -0.15) is 0 Å². The maximum absolute atomic E-state index is 12.9. The van der Waals surface area contributed by atoms with Crippen molar-refractivity contribution in [3.05, 3.63) is 64.7 Å². The summed E-state index contributed by atoms with van der Waals surface area (Å²) in [6.45, 7) is 2.01. The quantitative estimate of drug-likeness (QED) is 0.482. The first-order chi connectivity index (χ1) is 15.6. The molecule has 2 aromatic carbocycles. The fourth-order valence-corrected chi connectivity index (χ4v) is 4.94. The van der Waals surface area contributed by atoms with Crippen LogP contribution in [0.5, 0.6) is 0 Å². The van der Waals surface area contributed by atoms with E-state index in [1.165, 1.54) is 11.3 Å². The van der Waals surface area contributed by atoms with E-state index in [0.717, 1.165) is 36.9 Å². The Labute approximate surface area is 187 Å². The van der Waals surface area contributed by atoms with Crippen LogP contribution in [0.4, 0.5) is 5.69 Å². The number of hydrogen-bond donors (Lipinski definition) is 3. The Hall–Kier alpha value is -3.19. The van der Waals surface area contributed by atoms with Gasteiger partial charge in [-0.3, -0.25) is 19.7 Å². The van der Waals surface area contributed by atoms with Gasteiger partial charge in [0, 0.05) is 36.8 Å². The van der Waals surface area contributed by atoms with Crippen LogP contribution in [0.1, 0.15) is 52.7 Å². The van der Waals surface area contributed by atoms with Crippen molar-refractivity contribution in [2.45, 2.75) is 57.3 Å². The second-order valence-electron chi connectivity index (χ2n) is 8.89. The van der Waals surface area contributed by atoms with E-state index in [-0.39, 0.29) is 24.1 Å². The van der Waals surface area contributed by atoms with Crippen molar-refractivity contribution < 1.29 is 14.4 Å². The summed E-state index contributed by atoms with van der Waals surface area (Å²) in [6, 6.07) is 14.4. The Bertz CT molecular complexity index is 1070. The van der Waals surface area contributed by atoms with E-state index >= 15 is 0 Å². The largest absolute Gasteiger partial charge is 0.382 e. The second-order valence-corrected chi connectivity index (χ2v) is 8.89. The van der Waals surface area contributed by atoms with Crippen molar-refractivity contribution in [3.63, 3.8) is 0 Å². The van der Waals surface area contributed by atoms with Gasteiger partial charge >= 0.3 is 0 Å². The van der Waals surface area contributed by atoms with Gasteiger partial charge in [0.25, 0.3) is 5.91 Å². The zero-order valence-corrected chi connectivity index (χ0v) is 18.0. The molecule has 3 heterocycles. The van der Waals surface area contributed by atoms with E-state index in [1.54, 1.807) is 4.90 Å². The van der Waals surface area contributed by atoms with E-state index in [9.17, 15) is 14.4 Å². The number of carbonyl (C=O) groups excluding carboxylic acids is 3. The zero-order chi connectivity index (χ0) is 22.1. The van der Waals surface area contributed by atoms with Crippen LogP contribution in [0.3, 0.4) is 0 Å². The summed E-state index contributed by atoms with van der Waals surface area (Å²) in [4.78, 5) is 38.1. The number of anilines is 1. The van der Waals surface area contributed by atoms with Crippen LogP contribution in [0.2, 0.25) is 0 Å². The van der Waals surface area contributed by atoms with Crippen molar-refractivity contribution in [3.8, 4) is 0 Å². The Morgan fingerprint density at radius 2 is 1.88 bits per heavy atom. The number of piperidine rings is 1. The summed E-state index contributed by atoms with van der Waals surface area (Å²) < 4.78 is 0. The summed E-state index contributed by atoms with van der Waals surface area (Å²) in [5, 5.41) is 9.48. The van der Waals surface area contributed by atoms with Crippen molar-refractivity contribution in [2.75, 3.05) is 11.9 Å². The number of aryl methyl sites for hydroxylation is 1. The van der Waals surface area contributed by atoms with E-state index in [2.05, 4.69) is 40.2 Å². The molecule has 2 unspecified atom stereocenters. The first kappa shape index (κ1) is 20.7. The molecule has 0 saturated carbocycles. The lowest BCUT2D eigenvalue weighted by molar-refractivity contribution is -0.136. The summed E-state index contributed by atoms with van der Waals surface area (Å²) in [5.41, 5.74) is 5.31. The summed E-state index contributed by atoms with van der Waals surface area (Å²) in [7, 11) is 0. The molecule has 0 aliphatic carbocycles. The predicted octanol–water partition coefficient (Wildman–Crippen LogP) is 2.35. The van der Waals surface area contributed by atoms with E-state index < -0.39 is 6.04 Å². The van der Waals surface area contributed by atoms with Gasteiger partial charge in [0.1, 0.15) is 6.04 Å². The average molecular weight is 433 g/mol. The zero-order valence-electron chi connectivity index (χ0n) is 18.0. The number of benzene rings is 2. The predicted molar refractivity (Wildman–Crippen MR) is 121 cm³/mol. The molecule has 7 heteroatoms. The molecule has 0 aromatic heterocycles. The van der Waals surface area contributed by atoms with Gasteiger partial charge in [-0.1, -0.05) is 30.3 Å². The van der Waals surface area contributed by atoms with Crippen LogP contribution in [-0.4, -0.2) is 41.2 Å². The lowest BCUT2D eigenvalue weighted by atomic mass is 9.96. The van der Waals surface area contributed by atoms with Gasteiger partial charge in [-0.25, -0.2) is 0 Å². The van der Waals surface area contributed by atoms with Gasteiger partial charge < -0.3 is 15.5 Å². The number of imide groups is 1. The number of nitrogens with zero attached hydrogens (tertiary/aromatic N) is 1. The maximum atomic E-state index is 12.9. The number of nitrogens with one attached hydrogen (secondary N) is 3. The lowest BCUT2D eigenvalue weighted by Gasteiger charge is -2.29. The van der Waals surface area contributed by atoms with Crippen molar-refractivity contribution >= 4 is 23.4 Å². The first-order valence-corrected chi connectivity index (χ1v) is 11.4. The molecule has 0 radical (unpaired) electrons. The third-order valence-electron chi connectivity index (χ3n) is 6.73. The lowest BCUT2D eigenvalue weighted by Crippen LogP contribution is -2.52. The minimum atomic E-state index is -0.567. The third kappa shape index (κ3) is 4.12. The smallest absolute Gasteiger partial charge is 0.255 e. The molecular formula is C25H28N4O3. The minimum absolute atomic E-state index is 0.124. The van der Waals surface area contributed by atoms with Crippen molar-refractivity contribution in [1.82, 2.24) is 15.5 Å². The van der Waals surface area contributed by atoms with Gasteiger partial charge in [-0.05, 0) is 61.1 Å². The van der Waals surface area contributed by atoms with Crippen LogP contribution in [-0.2, 0) is 29.1 Å². The highest BCUT2D eigenvalue weighted by Gasteiger charge is 2.39. The van der Waals surface area contributed by atoms with Crippen LogP contribution in [0, 0.1) is 0 Å². The highest BCUT2D eigenvalue weighted by molar-refractivity contribution is 6.05. The molecule has 3 aliphatic heterocycles. The van der Waals surface area contributed by atoms with E-state index in [1.807, 2.05) is 18.2 Å². The molecule has 1 saturated heterocycles. The van der Waals surface area contributed by atoms with Crippen LogP contribution >= 0.6 is 0 Å². The fourth-order valence-electron chi connectivity index (χ4n) is 4.94. The molecule has 0 bridgehead atoms. The highest BCUT2D eigenvalue weighted by atomic mass is 16.2. The topological polar surface area (TPSA) is 90.5 Å².